The van der Waals surface area contributed by atoms with Crippen LogP contribution in [0.5, 0.6) is 0 Å². The molecule has 1 aliphatic carbocycles. The molecule has 0 heterocycles. The maximum atomic E-state index is 12.8. The maximum Gasteiger partial charge on any atom is 0.225 e. The van der Waals surface area contributed by atoms with Crippen molar-refractivity contribution in [1.82, 2.24) is 10.2 Å². The SMILES string of the molecule is CC(=O)NC(CC(=O)N(CC(C)C)C1CC1)c1ccc(C)cc1. The van der Waals surface area contributed by atoms with Crippen LogP contribution in [-0.4, -0.2) is 29.3 Å². The number of aryl methyl sites for hydroxylation is 1. The predicted octanol–water partition coefficient (Wildman–Crippen LogP) is 3.21. The van der Waals surface area contributed by atoms with Gasteiger partial charge >= 0.3 is 0 Å². The molecule has 0 aliphatic heterocycles. The van der Waals surface area contributed by atoms with Crippen LogP contribution in [0.3, 0.4) is 0 Å². The smallest absolute Gasteiger partial charge is 0.225 e. The number of amides is 2. The molecule has 4 heteroatoms. The molecule has 1 saturated carbocycles. The molecule has 1 fully saturated rings. The standard InChI is InChI=1S/C19H28N2O2/c1-13(2)12-21(17-9-10-17)19(23)11-18(20-15(4)22)16-7-5-14(3)6-8-16/h5-8,13,17-18H,9-12H2,1-4H3,(H,20,22). The molecule has 0 spiro atoms. The molecule has 1 aromatic rings. The van der Waals surface area contributed by atoms with Crippen LogP contribution in [-0.2, 0) is 9.59 Å². The van der Waals surface area contributed by atoms with Crippen molar-refractivity contribution in [3.8, 4) is 0 Å². The average Bonchev–Trinajstić information content (AvgIpc) is 3.28. The molecule has 1 N–H and O–H groups in total. The second-order valence-corrected chi connectivity index (χ2v) is 7.04. The van der Waals surface area contributed by atoms with Crippen LogP contribution in [0.25, 0.3) is 0 Å². The first kappa shape index (κ1) is 17.5. The molecule has 0 saturated heterocycles. The van der Waals surface area contributed by atoms with Crippen LogP contribution in [0.15, 0.2) is 24.3 Å². The molecule has 1 atom stereocenters. The van der Waals surface area contributed by atoms with E-state index < -0.39 is 0 Å². The molecule has 1 aromatic carbocycles. The van der Waals surface area contributed by atoms with Crippen molar-refractivity contribution in [2.24, 2.45) is 5.92 Å². The van der Waals surface area contributed by atoms with E-state index in [1.807, 2.05) is 36.1 Å². The average molecular weight is 316 g/mol. The van der Waals surface area contributed by atoms with Crippen molar-refractivity contribution >= 4 is 11.8 Å². The lowest BCUT2D eigenvalue weighted by Crippen LogP contribution is -2.39. The fourth-order valence-electron chi connectivity index (χ4n) is 2.82. The molecule has 0 aromatic heterocycles. The quantitative estimate of drug-likeness (QED) is 0.840. The number of benzene rings is 1. The van der Waals surface area contributed by atoms with E-state index in [0.29, 0.717) is 18.4 Å². The van der Waals surface area contributed by atoms with Crippen LogP contribution in [0, 0.1) is 12.8 Å². The first-order chi connectivity index (χ1) is 10.9. The van der Waals surface area contributed by atoms with Gasteiger partial charge in [-0.3, -0.25) is 9.59 Å². The number of rotatable bonds is 7. The number of nitrogens with one attached hydrogen (secondary N) is 1. The Morgan fingerprint density at radius 1 is 1.22 bits per heavy atom. The number of carbonyl (C=O) groups is 2. The van der Waals surface area contributed by atoms with Gasteiger partial charge in [0.1, 0.15) is 0 Å². The molecule has 23 heavy (non-hydrogen) atoms. The predicted molar refractivity (Wildman–Crippen MR) is 91.9 cm³/mol. The maximum absolute atomic E-state index is 12.8. The first-order valence-corrected chi connectivity index (χ1v) is 8.50. The van der Waals surface area contributed by atoms with Crippen molar-refractivity contribution in [3.63, 3.8) is 0 Å². The van der Waals surface area contributed by atoms with Crippen LogP contribution >= 0.6 is 0 Å². The minimum absolute atomic E-state index is 0.106. The summed E-state index contributed by atoms with van der Waals surface area (Å²) in [6.45, 7) is 8.59. The lowest BCUT2D eigenvalue weighted by Gasteiger charge is -2.27. The van der Waals surface area contributed by atoms with Gasteiger partial charge < -0.3 is 10.2 Å². The van der Waals surface area contributed by atoms with Crippen molar-refractivity contribution in [2.75, 3.05) is 6.54 Å². The summed E-state index contributed by atoms with van der Waals surface area (Å²) < 4.78 is 0. The fraction of sp³-hybridized carbons (Fsp3) is 0.579. The van der Waals surface area contributed by atoms with E-state index in [0.717, 1.165) is 24.9 Å². The molecule has 0 bridgehead atoms. The van der Waals surface area contributed by atoms with Crippen molar-refractivity contribution in [2.45, 2.75) is 59.0 Å². The van der Waals surface area contributed by atoms with Gasteiger partial charge in [0.2, 0.25) is 11.8 Å². The van der Waals surface area contributed by atoms with E-state index in [1.54, 1.807) is 0 Å². The largest absolute Gasteiger partial charge is 0.349 e. The van der Waals surface area contributed by atoms with Gasteiger partial charge in [-0.25, -0.2) is 0 Å². The minimum Gasteiger partial charge on any atom is -0.349 e. The molecule has 126 valence electrons. The Balaban J connectivity index is 2.10. The molecular weight excluding hydrogens is 288 g/mol. The van der Waals surface area contributed by atoms with Crippen LogP contribution in [0.4, 0.5) is 0 Å². The number of hydrogen-bond donors (Lipinski definition) is 1. The summed E-state index contributed by atoms with van der Waals surface area (Å²) >= 11 is 0. The molecule has 0 radical (unpaired) electrons. The highest BCUT2D eigenvalue weighted by Crippen LogP contribution is 2.29. The Morgan fingerprint density at radius 3 is 2.30 bits per heavy atom. The highest BCUT2D eigenvalue weighted by molar-refractivity contribution is 5.79. The van der Waals surface area contributed by atoms with Crippen molar-refractivity contribution < 1.29 is 9.59 Å². The summed E-state index contributed by atoms with van der Waals surface area (Å²) in [4.78, 5) is 26.3. The Bertz CT molecular complexity index is 547. The topological polar surface area (TPSA) is 49.4 Å². The Labute approximate surface area is 139 Å². The van der Waals surface area contributed by atoms with E-state index in [-0.39, 0.29) is 17.9 Å². The zero-order chi connectivity index (χ0) is 17.0. The summed E-state index contributed by atoms with van der Waals surface area (Å²) in [6, 6.07) is 8.16. The first-order valence-electron chi connectivity index (χ1n) is 8.50. The van der Waals surface area contributed by atoms with Gasteiger partial charge in [0, 0.05) is 19.5 Å². The zero-order valence-electron chi connectivity index (χ0n) is 14.6. The van der Waals surface area contributed by atoms with E-state index in [2.05, 4.69) is 19.2 Å². The van der Waals surface area contributed by atoms with Gasteiger partial charge in [-0.15, -0.1) is 0 Å². The van der Waals surface area contributed by atoms with E-state index in [4.69, 9.17) is 0 Å². The third-order valence-corrected chi connectivity index (χ3v) is 4.11. The van der Waals surface area contributed by atoms with Crippen molar-refractivity contribution in [3.05, 3.63) is 35.4 Å². The summed E-state index contributed by atoms with van der Waals surface area (Å²) in [5.41, 5.74) is 2.15. The van der Waals surface area contributed by atoms with Gasteiger partial charge in [-0.1, -0.05) is 43.7 Å². The van der Waals surface area contributed by atoms with Gasteiger partial charge in [0.05, 0.1) is 12.5 Å². The van der Waals surface area contributed by atoms with Gasteiger partial charge in [-0.2, -0.15) is 0 Å². The molecular formula is C19H28N2O2. The lowest BCUT2D eigenvalue weighted by molar-refractivity contribution is -0.133. The summed E-state index contributed by atoms with van der Waals surface area (Å²) in [5.74, 6) is 0.490. The third kappa shape index (κ3) is 5.38. The summed E-state index contributed by atoms with van der Waals surface area (Å²) in [5, 5.41) is 2.93. The molecule has 2 amide bonds. The van der Waals surface area contributed by atoms with Gasteiger partial charge in [0.15, 0.2) is 0 Å². The van der Waals surface area contributed by atoms with Crippen molar-refractivity contribution in [1.29, 1.82) is 0 Å². The zero-order valence-corrected chi connectivity index (χ0v) is 14.6. The summed E-state index contributed by atoms with van der Waals surface area (Å²) in [7, 11) is 0. The van der Waals surface area contributed by atoms with E-state index in [1.165, 1.54) is 12.5 Å². The Morgan fingerprint density at radius 2 is 1.83 bits per heavy atom. The summed E-state index contributed by atoms with van der Waals surface area (Å²) in [6.07, 6.45) is 2.54. The fourth-order valence-corrected chi connectivity index (χ4v) is 2.82. The number of hydrogen-bond acceptors (Lipinski definition) is 2. The van der Waals surface area contributed by atoms with Gasteiger partial charge in [0.25, 0.3) is 0 Å². The second kappa shape index (κ2) is 7.62. The van der Waals surface area contributed by atoms with Crippen LogP contribution in [0.1, 0.15) is 57.2 Å². The number of carbonyl (C=O) groups excluding carboxylic acids is 2. The van der Waals surface area contributed by atoms with Crippen LogP contribution < -0.4 is 5.32 Å². The highest BCUT2D eigenvalue weighted by atomic mass is 16.2. The molecule has 4 nitrogen and oxygen atoms in total. The van der Waals surface area contributed by atoms with E-state index >= 15 is 0 Å². The molecule has 2 rings (SSSR count). The monoisotopic (exact) mass is 316 g/mol. The Hall–Kier alpha value is -1.84. The third-order valence-electron chi connectivity index (χ3n) is 4.11. The minimum atomic E-state index is -0.256. The highest BCUT2D eigenvalue weighted by Gasteiger charge is 2.33. The van der Waals surface area contributed by atoms with Crippen LogP contribution in [0.2, 0.25) is 0 Å². The van der Waals surface area contributed by atoms with Gasteiger partial charge in [-0.05, 0) is 31.2 Å². The number of nitrogens with zero attached hydrogens (tertiary/aromatic N) is 1. The second-order valence-electron chi connectivity index (χ2n) is 7.04. The normalized spacial score (nSPS) is 15.3. The lowest BCUT2D eigenvalue weighted by atomic mass is 10.0. The molecule has 1 aliphatic rings. The Kier molecular flexibility index (Phi) is 5.80. The van der Waals surface area contributed by atoms with E-state index in [9.17, 15) is 9.59 Å². The molecule has 1 unspecified atom stereocenters.